The molecule has 0 aliphatic rings. The van der Waals surface area contributed by atoms with Crippen molar-refractivity contribution in [3.05, 3.63) is 71.3 Å². The summed E-state index contributed by atoms with van der Waals surface area (Å²) in [6.45, 7) is -3.26. The minimum absolute atomic E-state index is 0.139. The Morgan fingerprint density at radius 1 is 1.16 bits per heavy atom. The maximum atomic E-state index is 13.7. The van der Waals surface area contributed by atoms with Crippen LogP contribution in [0.1, 0.15) is 21.7 Å². The van der Waals surface area contributed by atoms with Crippen molar-refractivity contribution in [2.75, 3.05) is 7.05 Å². The molecule has 3 aromatic rings. The Balaban J connectivity index is 1.90. The van der Waals surface area contributed by atoms with E-state index in [1.165, 1.54) is 31.3 Å². The van der Waals surface area contributed by atoms with E-state index in [2.05, 4.69) is 15.0 Å². The van der Waals surface area contributed by atoms with Crippen molar-refractivity contribution in [1.82, 2.24) is 19.9 Å². The van der Waals surface area contributed by atoms with E-state index in [1.54, 1.807) is 0 Å². The SMILES string of the molecule is CN(Cc1cccc(OC(F)F)c1)C(=O)c1nnn(-c2ccc(F)cc2)c1C(F)(F)F. The zero-order valence-corrected chi connectivity index (χ0v) is 15.8. The smallest absolute Gasteiger partial charge is 0.435 e. The Bertz CT molecular complexity index is 1070. The first-order valence-electron chi connectivity index (χ1n) is 8.64. The highest BCUT2D eigenvalue weighted by Gasteiger charge is 2.42. The van der Waals surface area contributed by atoms with E-state index in [1.807, 2.05) is 0 Å². The summed E-state index contributed by atoms with van der Waals surface area (Å²) < 4.78 is 83.6. The molecule has 0 saturated heterocycles. The lowest BCUT2D eigenvalue weighted by atomic mass is 10.2. The van der Waals surface area contributed by atoms with E-state index in [0.29, 0.717) is 10.2 Å². The van der Waals surface area contributed by atoms with Crippen LogP contribution in [0.4, 0.5) is 26.3 Å². The molecule has 1 heterocycles. The second kappa shape index (κ2) is 8.66. The molecular weight excluding hydrogens is 430 g/mol. The van der Waals surface area contributed by atoms with Crippen LogP contribution >= 0.6 is 0 Å². The molecule has 0 fully saturated rings. The van der Waals surface area contributed by atoms with Crippen LogP contribution in [-0.2, 0) is 12.7 Å². The lowest BCUT2D eigenvalue weighted by Crippen LogP contribution is -2.29. The van der Waals surface area contributed by atoms with Gasteiger partial charge in [0, 0.05) is 13.6 Å². The number of carbonyl (C=O) groups is 1. The van der Waals surface area contributed by atoms with Gasteiger partial charge in [0.2, 0.25) is 0 Å². The second-order valence-electron chi connectivity index (χ2n) is 6.36. The van der Waals surface area contributed by atoms with Crippen LogP contribution in [0.3, 0.4) is 0 Å². The van der Waals surface area contributed by atoms with Gasteiger partial charge in [-0.15, -0.1) is 5.10 Å². The highest BCUT2D eigenvalue weighted by Crippen LogP contribution is 2.33. The number of hydrogen-bond acceptors (Lipinski definition) is 4. The highest BCUT2D eigenvalue weighted by atomic mass is 19.4. The standard InChI is InChI=1S/C19H14F6N4O2/c1-28(10-11-3-2-4-14(9-11)31-18(21)22)17(30)15-16(19(23,24)25)29(27-26-15)13-7-5-12(20)6-8-13/h2-9,18H,10H2,1H3. The van der Waals surface area contributed by atoms with Crippen molar-refractivity contribution in [3.8, 4) is 11.4 Å². The van der Waals surface area contributed by atoms with E-state index in [0.717, 1.165) is 29.2 Å². The third kappa shape index (κ3) is 5.13. The van der Waals surface area contributed by atoms with Crippen molar-refractivity contribution in [2.45, 2.75) is 19.3 Å². The molecule has 12 heteroatoms. The summed E-state index contributed by atoms with van der Waals surface area (Å²) in [5.74, 6) is -1.92. The van der Waals surface area contributed by atoms with Crippen LogP contribution in [0.5, 0.6) is 5.75 Å². The average molecular weight is 444 g/mol. The molecule has 0 saturated carbocycles. The van der Waals surface area contributed by atoms with Gasteiger partial charge in [-0.1, -0.05) is 17.3 Å². The number of rotatable bonds is 6. The largest absolute Gasteiger partial charge is 0.435 e. The van der Waals surface area contributed by atoms with E-state index in [9.17, 15) is 31.1 Å². The van der Waals surface area contributed by atoms with Gasteiger partial charge in [-0.25, -0.2) is 9.07 Å². The van der Waals surface area contributed by atoms with Crippen LogP contribution in [0.2, 0.25) is 0 Å². The molecular formula is C19H14F6N4O2. The van der Waals surface area contributed by atoms with Crippen molar-refractivity contribution >= 4 is 5.91 Å². The molecule has 1 amide bonds. The lowest BCUT2D eigenvalue weighted by molar-refractivity contribution is -0.143. The van der Waals surface area contributed by atoms with Crippen LogP contribution in [0.25, 0.3) is 5.69 Å². The number of carbonyl (C=O) groups excluding carboxylic acids is 1. The Kier molecular flexibility index (Phi) is 6.18. The fourth-order valence-electron chi connectivity index (χ4n) is 2.79. The summed E-state index contributed by atoms with van der Waals surface area (Å²) in [6, 6.07) is 9.40. The molecule has 6 nitrogen and oxygen atoms in total. The van der Waals surface area contributed by atoms with Gasteiger partial charge in [-0.3, -0.25) is 4.79 Å². The summed E-state index contributed by atoms with van der Waals surface area (Å²) in [5.41, 5.74) is -2.18. The van der Waals surface area contributed by atoms with Gasteiger partial charge >= 0.3 is 12.8 Å². The highest BCUT2D eigenvalue weighted by molar-refractivity contribution is 5.93. The quantitative estimate of drug-likeness (QED) is 0.532. The molecule has 0 N–H and O–H groups in total. The van der Waals surface area contributed by atoms with Crippen molar-refractivity contribution < 1.29 is 35.9 Å². The predicted octanol–water partition coefficient (Wildman–Crippen LogP) is 4.30. The summed E-state index contributed by atoms with van der Waals surface area (Å²) in [6.07, 6.45) is -4.99. The zero-order valence-electron chi connectivity index (χ0n) is 15.8. The Morgan fingerprint density at radius 3 is 2.45 bits per heavy atom. The second-order valence-corrected chi connectivity index (χ2v) is 6.36. The number of hydrogen-bond donors (Lipinski definition) is 0. The summed E-state index contributed by atoms with van der Waals surface area (Å²) in [7, 11) is 1.22. The molecule has 0 atom stereocenters. The van der Waals surface area contributed by atoms with Crippen molar-refractivity contribution in [3.63, 3.8) is 0 Å². The number of benzene rings is 2. The number of ether oxygens (including phenoxy) is 1. The first-order chi connectivity index (χ1) is 14.6. The van der Waals surface area contributed by atoms with Gasteiger partial charge < -0.3 is 9.64 Å². The molecule has 31 heavy (non-hydrogen) atoms. The first kappa shape index (κ1) is 22.1. The molecule has 0 aliphatic heterocycles. The Hall–Kier alpha value is -3.57. The van der Waals surface area contributed by atoms with E-state index in [-0.39, 0.29) is 18.0 Å². The van der Waals surface area contributed by atoms with E-state index in [4.69, 9.17) is 0 Å². The molecule has 0 spiro atoms. The Labute approximate surface area is 171 Å². The summed E-state index contributed by atoms with van der Waals surface area (Å²) in [5, 5.41) is 6.80. The van der Waals surface area contributed by atoms with Gasteiger partial charge in [0.15, 0.2) is 11.4 Å². The zero-order chi connectivity index (χ0) is 22.8. The van der Waals surface area contributed by atoms with E-state index >= 15 is 0 Å². The first-order valence-corrected chi connectivity index (χ1v) is 8.64. The molecule has 0 unspecified atom stereocenters. The summed E-state index contributed by atoms with van der Waals surface area (Å²) in [4.78, 5) is 13.6. The molecule has 1 aromatic heterocycles. The lowest BCUT2D eigenvalue weighted by Gasteiger charge is -2.18. The number of nitrogens with zero attached hydrogens (tertiary/aromatic N) is 4. The van der Waals surface area contributed by atoms with Crippen LogP contribution < -0.4 is 4.74 Å². The monoisotopic (exact) mass is 444 g/mol. The van der Waals surface area contributed by atoms with Crippen molar-refractivity contribution in [1.29, 1.82) is 0 Å². The number of alkyl halides is 5. The van der Waals surface area contributed by atoms with Gasteiger partial charge in [0.05, 0.1) is 5.69 Å². The Morgan fingerprint density at radius 2 is 1.84 bits per heavy atom. The maximum absolute atomic E-state index is 13.7. The van der Waals surface area contributed by atoms with Gasteiger partial charge in [0.25, 0.3) is 5.91 Å². The van der Waals surface area contributed by atoms with Crippen LogP contribution in [-0.4, -0.2) is 39.5 Å². The number of aromatic nitrogens is 3. The molecule has 2 aromatic carbocycles. The van der Waals surface area contributed by atoms with Gasteiger partial charge in [-0.05, 0) is 42.0 Å². The van der Waals surface area contributed by atoms with E-state index < -0.39 is 35.9 Å². The third-order valence-corrected chi connectivity index (χ3v) is 4.10. The average Bonchev–Trinajstić information content (AvgIpc) is 3.13. The molecule has 0 radical (unpaired) electrons. The minimum atomic E-state index is -4.99. The normalized spacial score (nSPS) is 11.6. The van der Waals surface area contributed by atoms with Crippen molar-refractivity contribution in [2.24, 2.45) is 0 Å². The van der Waals surface area contributed by atoms with Gasteiger partial charge in [-0.2, -0.15) is 22.0 Å². The van der Waals surface area contributed by atoms with Gasteiger partial charge in [0.1, 0.15) is 11.6 Å². The third-order valence-electron chi connectivity index (χ3n) is 4.10. The van der Waals surface area contributed by atoms with Crippen LogP contribution in [0.15, 0.2) is 48.5 Å². The minimum Gasteiger partial charge on any atom is -0.435 e. The molecule has 0 aliphatic carbocycles. The number of amides is 1. The topological polar surface area (TPSA) is 60.2 Å². The fourth-order valence-corrected chi connectivity index (χ4v) is 2.79. The molecule has 164 valence electrons. The fraction of sp³-hybridized carbons (Fsp3) is 0.211. The maximum Gasteiger partial charge on any atom is 0.435 e. The number of halogens is 6. The predicted molar refractivity (Wildman–Crippen MR) is 95.2 cm³/mol. The molecule has 0 bridgehead atoms. The molecule has 3 rings (SSSR count). The van der Waals surface area contributed by atoms with Crippen LogP contribution in [0, 0.1) is 5.82 Å². The summed E-state index contributed by atoms with van der Waals surface area (Å²) >= 11 is 0.